The standard InChI is InChI=1S/C20H17ClN6/c21-14-6-7-16-17(10-14)26-18(25-16)13-11-27(12-13)20-19(22-8-9-23-20)24-15-4-2-1-3-5-15/h1-10,13H,11-12H2,(H,22,24)(H,25,26). The Kier molecular flexibility index (Phi) is 3.90. The smallest absolute Gasteiger partial charge is 0.173 e. The predicted molar refractivity (Wildman–Crippen MR) is 108 cm³/mol. The molecule has 1 fully saturated rings. The van der Waals surface area contributed by atoms with Crippen molar-refractivity contribution in [3.63, 3.8) is 0 Å². The number of nitrogens with zero attached hydrogens (tertiary/aromatic N) is 4. The van der Waals surface area contributed by atoms with Gasteiger partial charge in [0.15, 0.2) is 11.6 Å². The first-order valence-corrected chi connectivity index (χ1v) is 9.17. The van der Waals surface area contributed by atoms with E-state index in [0.717, 1.165) is 47.3 Å². The van der Waals surface area contributed by atoms with Crippen LogP contribution >= 0.6 is 11.6 Å². The summed E-state index contributed by atoms with van der Waals surface area (Å²) >= 11 is 6.06. The average molecular weight is 377 g/mol. The van der Waals surface area contributed by atoms with E-state index in [2.05, 4.69) is 25.2 Å². The lowest BCUT2D eigenvalue weighted by atomic mass is 9.99. The quantitative estimate of drug-likeness (QED) is 0.554. The van der Waals surface area contributed by atoms with Crippen LogP contribution in [-0.2, 0) is 0 Å². The predicted octanol–water partition coefficient (Wildman–Crippen LogP) is 4.35. The molecule has 7 heteroatoms. The first-order chi connectivity index (χ1) is 13.3. The lowest BCUT2D eigenvalue weighted by Crippen LogP contribution is -2.46. The summed E-state index contributed by atoms with van der Waals surface area (Å²) in [6, 6.07) is 15.7. The summed E-state index contributed by atoms with van der Waals surface area (Å²) in [5, 5.41) is 4.06. The molecular formula is C20H17ClN6. The Morgan fingerprint density at radius 3 is 2.70 bits per heavy atom. The third-order valence-electron chi connectivity index (χ3n) is 4.75. The average Bonchev–Trinajstić information content (AvgIpc) is 3.05. The molecule has 1 aliphatic heterocycles. The molecule has 0 saturated carbocycles. The van der Waals surface area contributed by atoms with Crippen LogP contribution in [-0.4, -0.2) is 33.0 Å². The van der Waals surface area contributed by atoms with Crippen LogP contribution in [0.25, 0.3) is 11.0 Å². The van der Waals surface area contributed by atoms with Gasteiger partial charge >= 0.3 is 0 Å². The van der Waals surface area contributed by atoms with E-state index >= 15 is 0 Å². The number of aromatic nitrogens is 4. The number of rotatable bonds is 4. The van der Waals surface area contributed by atoms with Gasteiger partial charge in [0.05, 0.1) is 17.0 Å². The number of hydrogen-bond donors (Lipinski definition) is 2. The van der Waals surface area contributed by atoms with E-state index in [-0.39, 0.29) is 0 Å². The summed E-state index contributed by atoms with van der Waals surface area (Å²) in [7, 11) is 0. The molecule has 27 heavy (non-hydrogen) atoms. The van der Waals surface area contributed by atoms with Gasteiger partial charge < -0.3 is 15.2 Å². The van der Waals surface area contributed by atoms with E-state index in [4.69, 9.17) is 16.6 Å². The Morgan fingerprint density at radius 2 is 1.85 bits per heavy atom. The molecule has 1 saturated heterocycles. The Labute approximate surface area is 161 Å². The van der Waals surface area contributed by atoms with Crippen LogP contribution < -0.4 is 10.2 Å². The van der Waals surface area contributed by atoms with Crippen molar-refractivity contribution in [1.82, 2.24) is 19.9 Å². The molecule has 0 atom stereocenters. The number of H-pyrrole nitrogens is 1. The second kappa shape index (κ2) is 6.55. The molecule has 0 aliphatic carbocycles. The molecule has 2 aromatic heterocycles. The summed E-state index contributed by atoms with van der Waals surface area (Å²) in [5.41, 5.74) is 2.91. The summed E-state index contributed by atoms with van der Waals surface area (Å²) in [4.78, 5) is 19.3. The fraction of sp³-hybridized carbons (Fsp3) is 0.150. The van der Waals surface area contributed by atoms with Crippen LogP contribution in [0, 0.1) is 0 Å². The van der Waals surface area contributed by atoms with Crippen molar-refractivity contribution in [1.29, 1.82) is 0 Å². The fourth-order valence-corrected chi connectivity index (χ4v) is 3.50. The molecule has 2 aromatic carbocycles. The minimum Gasteiger partial charge on any atom is -0.352 e. The number of anilines is 3. The number of fused-ring (bicyclic) bond motifs is 1. The van der Waals surface area contributed by atoms with Crippen molar-refractivity contribution >= 4 is 40.0 Å². The van der Waals surface area contributed by atoms with E-state index < -0.39 is 0 Å². The van der Waals surface area contributed by atoms with E-state index in [1.165, 1.54) is 0 Å². The van der Waals surface area contributed by atoms with Crippen molar-refractivity contribution in [2.45, 2.75) is 5.92 Å². The molecule has 0 amide bonds. The maximum Gasteiger partial charge on any atom is 0.173 e. The molecule has 0 bridgehead atoms. The second-order valence-corrected chi connectivity index (χ2v) is 7.04. The fourth-order valence-electron chi connectivity index (χ4n) is 3.33. The first kappa shape index (κ1) is 16.1. The van der Waals surface area contributed by atoms with Crippen LogP contribution in [0.15, 0.2) is 60.9 Å². The minimum absolute atomic E-state index is 0.336. The third kappa shape index (κ3) is 3.08. The van der Waals surface area contributed by atoms with Gasteiger partial charge in [-0.25, -0.2) is 15.0 Å². The zero-order valence-electron chi connectivity index (χ0n) is 14.4. The maximum atomic E-state index is 6.06. The molecule has 0 spiro atoms. The van der Waals surface area contributed by atoms with Gasteiger partial charge in [0.2, 0.25) is 0 Å². The number of benzene rings is 2. The molecule has 3 heterocycles. The van der Waals surface area contributed by atoms with Crippen molar-refractivity contribution in [2.75, 3.05) is 23.3 Å². The van der Waals surface area contributed by atoms with Gasteiger partial charge in [-0.15, -0.1) is 0 Å². The van der Waals surface area contributed by atoms with E-state index in [1.807, 2.05) is 48.5 Å². The summed E-state index contributed by atoms with van der Waals surface area (Å²) in [6.07, 6.45) is 3.43. The first-order valence-electron chi connectivity index (χ1n) is 8.79. The van der Waals surface area contributed by atoms with Crippen molar-refractivity contribution in [3.05, 3.63) is 71.8 Å². The Bertz CT molecular complexity index is 1090. The lowest BCUT2D eigenvalue weighted by molar-refractivity contribution is 0.501. The monoisotopic (exact) mass is 376 g/mol. The molecule has 1 aliphatic rings. The third-order valence-corrected chi connectivity index (χ3v) is 4.98. The number of hydrogen-bond acceptors (Lipinski definition) is 5. The molecule has 2 N–H and O–H groups in total. The van der Waals surface area contributed by atoms with Crippen LogP contribution in [0.1, 0.15) is 11.7 Å². The van der Waals surface area contributed by atoms with Crippen molar-refractivity contribution in [3.8, 4) is 0 Å². The highest BCUT2D eigenvalue weighted by molar-refractivity contribution is 6.31. The lowest BCUT2D eigenvalue weighted by Gasteiger charge is -2.39. The van der Waals surface area contributed by atoms with Crippen LogP contribution in [0.3, 0.4) is 0 Å². The summed E-state index contributed by atoms with van der Waals surface area (Å²) in [5.74, 6) is 2.95. The highest BCUT2D eigenvalue weighted by atomic mass is 35.5. The SMILES string of the molecule is Clc1ccc2nc(C3CN(c4nccnc4Nc4ccccc4)C3)[nH]c2c1. The van der Waals surface area contributed by atoms with E-state index in [9.17, 15) is 0 Å². The largest absolute Gasteiger partial charge is 0.352 e. The van der Waals surface area contributed by atoms with Crippen LogP contribution in [0.2, 0.25) is 5.02 Å². The number of para-hydroxylation sites is 1. The van der Waals surface area contributed by atoms with Crippen LogP contribution in [0.5, 0.6) is 0 Å². The molecule has 134 valence electrons. The second-order valence-electron chi connectivity index (χ2n) is 6.61. The summed E-state index contributed by atoms with van der Waals surface area (Å²) < 4.78 is 0. The van der Waals surface area contributed by atoms with Gasteiger partial charge in [0.25, 0.3) is 0 Å². The number of aromatic amines is 1. The number of imidazole rings is 1. The van der Waals surface area contributed by atoms with E-state index in [0.29, 0.717) is 10.9 Å². The number of nitrogens with one attached hydrogen (secondary N) is 2. The molecule has 0 radical (unpaired) electrons. The van der Waals surface area contributed by atoms with Gasteiger partial charge in [-0.05, 0) is 30.3 Å². The minimum atomic E-state index is 0.336. The zero-order valence-corrected chi connectivity index (χ0v) is 15.2. The van der Waals surface area contributed by atoms with Gasteiger partial charge in [0, 0.05) is 36.2 Å². The van der Waals surface area contributed by atoms with Crippen LogP contribution in [0.4, 0.5) is 17.3 Å². The van der Waals surface area contributed by atoms with Gasteiger partial charge in [-0.3, -0.25) is 0 Å². The van der Waals surface area contributed by atoms with Crippen molar-refractivity contribution < 1.29 is 0 Å². The van der Waals surface area contributed by atoms with Crippen molar-refractivity contribution in [2.24, 2.45) is 0 Å². The topological polar surface area (TPSA) is 69.7 Å². The summed E-state index contributed by atoms with van der Waals surface area (Å²) in [6.45, 7) is 1.69. The molecule has 6 nitrogen and oxygen atoms in total. The molecule has 5 rings (SSSR count). The number of halogens is 1. The molecule has 4 aromatic rings. The molecular weight excluding hydrogens is 360 g/mol. The highest BCUT2D eigenvalue weighted by Crippen LogP contribution is 2.34. The van der Waals surface area contributed by atoms with Gasteiger partial charge in [-0.1, -0.05) is 29.8 Å². The highest BCUT2D eigenvalue weighted by Gasteiger charge is 2.33. The van der Waals surface area contributed by atoms with Gasteiger partial charge in [-0.2, -0.15) is 0 Å². The Balaban J connectivity index is 1.34. The Hall–Kier alpha value is -3.12. The Morgan fingerprint density at radius 1 is 1.04 bits per heavy atom. The van der Waals surface area contributed by atoms with Gasteiger partial charge in [0.1, 0.15) is 5.82 Å². The maximum absolute atomic E-state index is 6.06. The molecule has 0 unspecified atom stereocenters. The zero-order chi connectivity index (χ0) is 18.2. The van der Waals surface area contributed by atoms with E-state index in [1.54, 1.807) is 12.4 Å². The normalized spacial score (nSPS) is 14.3.